The van der Waals surface area contributed by atoms with Crippen LogP contribution >= 0.6 is 15.6 Å². The molecule has 0 aromatic carbocycles. The smallest absolute Gasteiger partial charge is 0.462 e. The Morgan fingerprint density at radius 2 is 0.539 bits per heavy atom. The lowest BCUT2D eigenvalue weighted by atomic mass is 10.00. The number of hydrogen-bond acceptors (Lipinski definition) is 15. The average Bonchev–Trinajstić information content (AvgIpc) is 3.64. The monoisotopic (exact) mass is 1310 g/mol. The molecule has 4 unspecified atom stereocenters. The van der Waals surface area contributed by atoms with E-state index < -0.39 is 97.5 Å². The first-order chi connectivity index (χ1) is 42.6. The number of rotatable bonds is 67. The highest BCUT2D eigenvalue weighted by molar-refractivity contribution is 7.47. The van der Waals surface area contributed by atoms with Gasteiger partial charge in [0.1, 0.15) is 19.3 Å². The number of ether oxygens (including phenoxy) is 4. The van der Waals surface area contributed by atoms with E-state index in [1.165, 1.54) is 141 Å². The van der Waals surface area contributed by atoms with Crippen LogP contribution in [0.4, 0.5) is 0 Å². The van der Waals surface area contributed by atoms with Crippen molar-refractivity contribution in [1.29, 1.82) is 0 Å². The molecule has 17 nitrogen and oxygen atoms in total. The minimum absolute atomic E-state index is 0.102. The van der Waals surface area contributed by atoms with Gasteiger partial charge in [-0.2, -0.15) is 0 Å². The van der Waals surface area contributed by atoms with E-state index in [1.54, 1.807) is 0 Å². The molecule has 0 aliphatic carbocycles. The Morgan fingerprint density at radius 1 is 0.315 bits per heavy atom. The van der Waals surface area contributed by atoms with Crippen LogP contribution in [-0.4, -0.2) is 96.7 Å². The summed E-state index contributed by atoms with van der Waals surface area (Å²) in [6, 6.07) is 0. The van der Waals surface area contributed by atoms with E-state index in [0.29, 0.717) is 31.6 Å². The van der Waals surface area contributed by atoms with Gasteiger partial charge in [-0.1, -0.05) is 293 Å². The first kappa shape index (κ1) is 87.1. The zero-order chi connectivity index (χ0) is 66.1. The van der Waals surface area contributed by atoms with Gasteiger partial charge < -0.3 is 33.8 Å². The van der Waals surface area contributed by atoms with E-state index in [9.17, 15) is 43.2 Å². The minimum Gasteiger partial charge on any atom is -0.462 e. The van der Waals surface area contributed by atoms with Gasteiger partial charge in [-0.15, -0.1) is 0 Å². The molecule has 0 heterocycles. The Kier molecular flexibility index (Phi) is 58.5. The Morgan fingerprint density at radius 3 is 0.798 bits per heavy atom. The largest absolute Gasteiger partial charge is 0.472 e. The van der Waals surface area contributed by atoms with Crippen LogP contribution < -0.4 is 0 Å². The zero-order valence-electron chi connectivity index (χ0n) is 58.1. The molecule has 0 saturated carbocycles. The van der Waals surface area contributed by atoms with Crippen LogP contribution in [0.5, 0.6) is 0 Å². The molecule has 0 radical (unpaired) electrons. The molecular formula is C70H136O17P2. The van der Waals surface area contributed by atoms with Gasteiger partial charge in [-0.05, 0) is 49.4 Å². The molecule has 528 valence electrons. The predicted molar refractivity (Wildman–Crippen MR) is 358 cm³/mol. The number of carbonyl (C=O) groups excluding carboxylic acids is 4. The van der Waals surface area contributed by atoms with Crippen molar-refractivity contribution in [3.8, 4) is 0 Å². The van der Waals surface area contributed by atoms with Gasteiger partial charge in [-0.25, -0.2) is 9.13 Å². The highest BCUT2D eigenvalue weighted by Crippen LogP contribution is 2.45. The summed E-state index contributed by atoms with van der Waals surface area (Å²) in [6.45, 7) is 14.1. The molecule has 0 aromatic heterocycles. The van der Waals surface area contributed by atoms with Gasteiger partial charge in [0.2, 0.25) is 0 Å². The number of phosphoric acid groups is 2. The zero-order valence-corrected chi connectivity index (χ0v) is 59.8. The summed E-state index contributed by atoms with van der Waals surface area (Å²) in [4.78, 5) is 72.5. The Labute approximate surface area is 543 Å². The van der Waals surface area contributed by atoms with Crippen LogP contribution in [0.2, 0.25) is 0 Å². The normalized spacial score (nSPS) is 14.6. The van der Waals surface area contributed by atoms with Crippen LogP contribution in [0.1, 0.15) is 344 Å². The molecule has 0 saturated heterocycles. The summed E-state index contributed by atoms with van der Waals surface area (Å²) in [7, 11) is -9.90. The minimum atomic E-state index is -4.95. The van der Waals surface area contributed by atoms with E-state index in [1.807, 2.05) is 0 Å². The summed E-state index contributed by atoms with van der Waals surface area (Å²) in [5.41, 5.74) is 0. The SMILES string of the molecule is CCC(C)CCCCCCCCC(=O)O[C@H](COC(=O)CCCCCCCCCCCCCCCC(C)C)COP(=O)(O)OCC(O)COP(=O)(O)OC[C@@H](COC(=O)CCCCCCCCCC(C)C)OC(=O)CCCCCCCCCCCCC(C)C. The summed E-state index contributed by atoms with van der Waals surface area (Å²) in [5.74, 6) is 0.836. The Balaban J connectivity index is 5.22. The topological polar surface area (TPSA) is 237 Å². The first-order valence-corrected chi connectivity index (χ1v) is 39.2. The Hall–Kier alpha value is -1.94. The molecule has 0 fully saturated rings. The fourth-order valence-electron chi connectivity index (χ4n) is 10.5. The molecule has 3 N–H and O–H groups in total. The predicted octanol–water partition coefficient (Wildman–Crippen LogP) is 19.7. The van der Waals surface area contributed by atoms with Crippen molar-refractivity contribution in [2.45, 2.75) is 363 Å². The van der Waals surface area contributed by atoms with Crippen LogP contribution in [0.25, 0.3) is 0 Å². The fraction of sp³-hybridized carbons (Fsp3) is 0.943. The maximum absolute atomic E-state index is 13.0. The second-order valence-corrected chi connectivity index (χ2v) is 29.8. The number of phosphoric ester groups is 2. The van der Waals surface area contributed by atoms with Gasteiger partial charge in [0, 0.05) is 25.7 Å². The summed E-state index contributed by atoms with van der Waals surface area (Å²) in [6.07, 6.45) is 41.8. The molecule has 0 aliphatic rings. The van der Waals surface area contributed by atoms with Gasteiger partial charge in [0.15, 0.2) is 12.2 Å². The van der Waals surface area contributed by atoms with Crippen LogP contribution in [0, 0.1) is 23.7 Å². The molecular weight excluding hydrogens is 1170 g/mol. The summed E-state index contributed by atoms with van der Waals surface area (Å²) < 4.78 is 68.2. The molecule has 0 amide bonds. The van der Waals surface area contributed by atoms with Crippen molar-refractivity contribution in [3.05, 3.63) is 0 Å². The van der Waals surface area contributed by atoms with Gasteiger partial charge in [0.05, 0.1) is 26.4 Å². The summed E-state index contributed by atoms with van der Waals surface area (Å²) >= 11 is 0. The molecule has 19 heteroatoms. The number of unbranched alkanes of at least 4 members (excludes halogenated alkanes) is 32. The number of carbonyl (C=O) groups is 4. The van der Waals surface area contributed by atoms with Crippen LogP contribution in [0.3, 0.4) is 0 Å². The third kappa shape index (κ3) is 63.2. The lowest BCUT2D eigenvalue weighted by Gasteiger charge is -2.21. The van der Waals surface area contributed by atoms with Gasteiger partial charge in [0.25, 0.3) is 0 Å². The fourth-order valence-corrected chi connectivity index (χ4v) is 12.0. The highest BCUT2D eigenvalue weighted by Gasteiger charge is 2.30. The summed E-state index contributed by atoms with van der Waals surface area (Å²) in [5, 5.41) is 10.6. The quantitative estimate of drug-likeness (QED) is 0.0222. The van der Waals surface area contributed by atoms with Crippen LogP contribution in [0.15, 0.2) is 0 Å². The second-order valence-electron chi connectivity index (χ2n) is 26.9. The van der Waals surface area contributed by atoms with E-state index >= 15 is 0 Å². The average molecular weight is 1310 g/mol. The first-order valence-electron chi connectivity index (χ1n) is 36.2. The third-order valence-electron chi connectivity index (χ3n) is 16.4. The van der Waals surface area contributed by atoms with Crippen molar-refractivity contribution in [2.24, 2.45) is 23.7 Å². The van der Waals surface area contributed by atoms with E-state index in [0.717, 1.165) is 114 Å². The molecule has 0 aliphatic heterocycles. The van der Waals surface area contributed by atoms with Gasteiger partial charge >= 0.3 is 39.5 Å². The van der Waals surface area contributed by atoms with E-state index in [2.05, 4.69) is 55.4 Å². The van der Waals surface area contributed by atoms with Crippen molar-refractivity contribution in [2.75, 3.05) is 39.6 Å². The van der Waals surface area contributed by atoms with Crippen molar-refractivity contribution in [1.82, 2.24) is 0 Å². The number of aliphatic hydroxyl groups is 1. The number of esters is 4. The van der Waals surface area contributed by atoms with Gasteiger partial charge in [-0.3, -0.25) is 37.3 Å². The lowest BCUT2D eigenvalue weighted by Crippen LogP contribution is -2.30. The lowest BCUT2D eigenvalue weighted by molar-refractivity contribution is -0.161. The van der Waals surface area contributed by atoms with E-state index in [4.69, 9.17) is 37.0 Å². The molecule has 0 bridgehead atoms. The van der Waals surface area contributed by atoms with Crippen molar-refractivity contribution >= 4 is 39.5 Å². The number of aliphatic hydroxyl groups excluding tert-OH is 1. The molecule has 89 heavy (non-hydrogen) atoms. The second kappa shape index (κ2) is 59.8. The van der Waals surface area contributed by atoms with Crippen LogP contribution in [-0.2, 0) is 65.4 Å². The molecule has 0 aromatic rings. The highest BCUT2D eigenvalue weighted by atomic mass is 31.2. The Bertz CT molecular complexity index is 1770. The third-order valence-corrected chi connectivity index (χ3v) is 18.3. The number of hydrogen-bond donors (Lipinski definition) is 3. The molecule has 0 spiro atoms. The maximum atomic E-state index is 13.0. The van der Waals surface area contributed by atoms with Crippen molar-refractivity contribution < 1.29 is 80.2 Å². The molecule has 0 rings (SSSR count). The molecule has 6 atom stereocenters. The standard InChI is InChI=1S/C70H136O17P2/c1-9-63(8)49-41-33-28-29-37-45-53-70(75)87-66(57-80-67(72)50-42-34-25-19-14-12-10-11-13-17-22-30-38-46-60(2)3)59-85-89(78,79)83-55-64(71)54-82-88(76,77)84-58-65(56-81-68(73)51-43-35-27-21-24-32-40-48-62(6)7)86-69(74)52-44-36-26-20-16-15-18-23-31-39-47-61(4)5/h60-66,71H,9-59H2,1-8H3,(H,76,77)(H,78,79)/t63?,64?,65-,66-/m1/s1. The van der Waals surface area contributed by atoms with E-state index in [-0.39, 0.29) is 25.7 Å². The van der Waals surface area contributed by atoms with Crippen molar-refractivity contribution in [3.63, 3.8) is 0 Å². The maximum Gasteiger partial charge on any atom is 0.472 e.